The van der Waals surface area contributed by atoms with E-state index in [0.717, 1.165) is 47.2 Å². The predicted octanol–water partition coefficient (Wildman–Crippen LogP) is 3.31. The summed E-state index contributed by atoms with van der Waals surface area (Å²) in [6, 6.07) is 8.06. The summed E-state index contributed by atoms with van der Waals surface area (Å²) < 4.78 is 28.9. The second-order valence-electron chi connectivity index (χ2n) is 8.47. The van der Waals surface area contributed by atoms with Crippen LogP contribution < -0.4 is 16.4 Å². The number of aliphatic hydroxyl groups is 1. The molecule has 0 radical (unpaired) electrons. The third kappa shape index (κ3) is 3.83. The molecule has 1 saturated carbocycles. The molecule has 0 saturated heterocycles. The van der Waals surface area contributed by atoms with Crippen LogP contribution in [0.1, 0.15) is 53.1 Å². The van der Waals surface area contributed by atoms with Crippen LogP contribution in [0.4, 0.5) is 8.78 Å². The molecule has 2 unspecified atom stereocenters. The summed E-state index contributed by atoms with van der Waals surface area (Å²) in [5.41, 5.74) is 8.73. The molecule has 7 heteroatoms. The van der Waals surface area contributed by atoms with Crippen LogP contribution in [0.15, 0.2) is 48.0 Å². The number of carbonyl (C=O) groups is 1. The lowest BCUT2D eigenvalue weighted by Gasteiger charge is -2.37. The first-order valence-electron chi connectivity index (χ1n) is 10.5. The number of rotatable bonds is 7. The Bertz CT molecular complexity index is 1030. The number of hydrogen-bond acceptors (Lipinski definition) is 4. The number of aryl methyl sites for hydroxylation is 1. The van der Waals surface area contributed by atoms with Crippen LogP contribution in [-0.2, 0) is 17.8 Å². The minimum Gasteiger partial charge on any atom is -0.379 e. The molecule has 1 amide bonds. The fraction of sp³-hybridized carbons (Fsp3) is 0.375. The minimum absolute atomic E-state index is 0.227. The van der Waals surface area contributed by atoms with Crippen molar-refractivity contribution >= 4 is 12.1 Å². The molecule has 0 spiro atoms. The Morgan fingerprint density at radius 2 is 2.03 bits per heavy atom. The van der Waals surface area contributed by atoms with Gasteiger partial charge in [0.1, 0.15) is 0 Å². The van der Waals surface area contributed by atoms with Crippen LogP contribution in [0.5, 0.6) is 0 Å². The number of halogens is 2. The largest absolute Gasteiger partial charge is 0.379 e. The van der Waals surface area contributed by atoms with Crippen LogP contribution in [0, 0.1) is 6.92 Å². The average Bonchev–Trinajstić information content (AvgIpc) is 2.98. The van der Waals surface area contributed by atoms with Gasteiger partial charge in [0.15, 0.2) is 5.60 Å². The van der Waals surface area contributed by atoms with Gasteiger partial charge in [-0.15, -0.1) is 0 Å². The van der Waals surface area contributed by atoms with Gasteiger partial charge in [-0.05, 0) is 65.6 Å². The predicted molar refractivity (Wildman–Crippen MR) is 115 cm³/mol. The molecule has 2 aromatic carbocycles. The molecule has 2 atom stereocenters. The van der Waals surface area contributed by atoms with Gasteiger partial charge >= 0.3 is 6.05 Å². The van der Waals surface area contributed by atoms with Crippen molar-refractivity contribution in [2.24, 2.45) is 5.73 Å². The smallest absolute Gasteiger partial charge is 0.331 e. The van der Waals surface area contributed by atoms with Gasteiger partial charge in [-0.1, -0.05) is 36.4 Å². The van der Waals surface area contributed by atoms with Crippen LogP contribution in [0.3, 0.4) is 0 Å². The summed E-state index contributed by atoms with van der Waals surface area (Å²) >= 11 is 0. The van der Waals surface area contributed by atoms with Crippen LogP contribution in [-0.4, -0.2) is 23.2 Å². The fourth-order valence-electron chi connectivity index (χ4n) is 4.44. The molecule has 0 bridgehead atoms. The summed E-state index contributed by atoms with van der Waals surface area (Å²) in [7, 11) is 0. The van der Waals surface area contributed by atoms with Gasteiger partial charge in [-0.3, -0.25) is 10.5 Å². The Balaban J connectivity index is 1.76. The maximum Gasteiger partial charge on any atom is 0.331 e. The van der Waals surface area contributed by atoms with E-state index in [4.69, 9.17) is 5.73 Å². The molecule has 2 aromatic rings. The molecule has 5 N–H and O–H groups in total. The standard InChI is InChI=1S/C24H27F2N3O2/c1-15-9-10-17(11-19(15)13-28-14-30)21(16-6-4-7-16)29-22-20-8-3-2-5-18(20)12-23(22,31)24(25,26)27/h2-3,5,8-11,14,22,29,31H,4,6-7,12-13,27H2,1H3,(H,28,30). The maximum absolute atomic E-state index is 14.5. The second kappa shape index (κ2) is 8.05. The Labute approximate surface area is 180 Å². The maximum atomic E-state index is 14.5. The van der Waals surface area contributed by atoms with E-state index < -0.39 is 17.7 Å². The molecule has 5 nitrogen and oxygen atoms in total. The second-order valence-corrected chi connectivity index (χ2v) is 8.47. The van der Waals surface area contributed by atoms with Gasteiger partial charge < -0.3 is 15.7 Å². The van der Waals surface area contributed by atoms with Crippen molar-refractivity contribution in [1.29, 1.82) is 0 Å². The highest BCUT2D eigenvalue weighted by Crippen LogP contribution is 2.47. The lowest BCUT2D eigenvalue weighted by Crippen LogP contribution is -2.59. The minimum atomic E-state index is -3.79. The molecule has 1 fully saturated rings. The average molecular weight is 427 g/mol. The van der Waals surface area contributed by atoms with E-state index >= 15 is 0 Å². The van der Waals surface area contributed by atoms with Gasteiger partial charge in [0.05, 0.1) is 6.04 Å². The summed E-state index contributed by atoms with van der Waals surface area (Å²) in [4.78, 5) is 10.7. The summed E-state index contributed by atoms with van der Waals surface area (Å²) in [6.45, 7) is 2.33. The molecular weight excluding hydrogens is 400 g/mol. The Hall–Kier alpha value is -2.77. The fourth-order valence-corrected chi connectivity index (χ4v) is 4.44. The van der Waals surface area contributed by atoms with Crippen molar-refractivity contribution in [2.75, 3.05) is 0 Å². The quantitative estimate of drug-likeness (QED) is 0.403. The van der Waals surface area contributed by atoms with E-state index in [0.29, 0.717) is 24.1 Å². The topological polar surface area (TPSA) is 87.4 Å². The zero-order valence-corrected chi connectivity index (χ0v) is 17.4. The molecule has 164 valence electrons. The van der Waals surface area contributed by atoms with E-state index in [-0.39, 0.29) is 6.42 Å². The van der Waals surface area contributed by atoms with Gasteiger partial charge in [0, 0.05) is 18.7 Å². The number of nitrogens with two attached hydrogens (primary N) is 1. The normalized spacial score (nSPS) is 22.5. The number of amides is 1. The highest BCUT2D eigenvalue weighted by molar-refractivity contribution is 5.70. The zero-order valence-electron chi connectivity index (χ0n) is 17.4. The first-order valence-corrected chi connectivity index (χ1v) is 10.5. The van der Waals surface area contributed by atoms with Crippen molar-refractivity contribution in [3.05, 3.63) is 75.9 Å². The third-order valence-corrected chi connectivity index (χ3v) is 6.49. The number of nitrogens with one attached hydrogen (secondary N) is 2. The number of alkyl halides is 2. The van der Waals surface area contributed by atoms with Crippen molar-refractivity contribution < 1.29 is 18.7 Å². The molecule has 4 rings (SSSR count). The zero-order chi connectivity index (χ0) is 22.2. The monoisotopic (exact) mass is 427 g/mol. The van der Waals surface area contributed by atoms with Crippen molar-refractivity contribution in [1.82, 2.24) is 10.6 Å². The van der Waals surface area contributed by atoms with E-state index in [1.807, 2.05) is 25.1 Å². The van der Waals surface area contributed by atoms with E-state index in [1.54, 1.807) is 24.3 Å². The number of benzene rings is 2. The van der Waals surface area contributed by atoms with Crippen molar-refractivity contribution in [2.45, 2.75) is 56.8 Å². The molecule has 2 aliphatic rings. The number of carbonyl (C=O) groups excluding carboxylic acids is 1. The lowest BCUT2D eigenvalue weighted by molar-refractivity contribution is -0.186. The highest BCUT2D eigenvalue weighted by Gasteiger charge is 2.59. The van der Waals surface area contributed by atoms with Crippen molar-refractivity contribution in [3.63, 3.8) is 0 Å². The summed E-state index contributed by atoms with van der Waals surface area (Å²) in [5.74, 6) is 0. The van der Waals surface area contributed by atoms with Crippen molar-refractivity contribution in [3.8, 4) is 0 Å². The molecule has 0 aliphatic heterocycles. The number of allylic oxidation sites excluding steroid dienone is 1. The SMILES string of the molecule is Cc1ccc(C(NC2c3ccccc3CC2(O)C(N)(F)F)=C2CCC2)cc1CNC=O. The number of fused-ring (bicyclic) bond motifs is 1. The van der Waals surface area contributed by atoms with E-state index in [9.17, 15) is 18.7 Å². The van der Waals surface area contributed by atoms with E-state index in [2.05, 4.69) is 10.6 Å². The van der Waals surface area contributed by atoms with Gasteiger partial charge in [-0.25, -0.2) is 0 Å². The highest BCUT2D eigenvalue weighted by atomic mass is 19.3. The Morgan fingerprint density at radius 3 is 2.68 bits per heavy atom. The van der Waals surface area contributed by atoms with Gasteiger partial charge in [0.25, 0.3) is 0 Å². The summed E-state index contributed by atoms with van der Waals surface area (Å²) in [6.07, 6.45) is 3.18. The first kappa shape index (κ1) is 21.5. The number of hydrogen-bond donors (Lipinski definition) is 4. The Kier molecular flexibility index (Phi) is 5.58. The van der Waals surface area contributed by atoms with Crippen LogP contribution >= 0.6 is 0 Å². The molecule has 0 aromatic heterocycles. The van der Waals surface area contributed by atoms with Crippen LogP contribution in [0.2, 0.25) is 0 Å². The lowest BCUT2D eigenvalue weighted by atomic mass is 9.86. The molecule has 31 heavy (non-hydrogen) atoms. The van der Waals surface area contributed by atoms with Gasteiger partial charge in [0.2, 0.25) is 6.41 Å². The first-order chi connectivity index (χ1) is 14.7. The molecule has 0 heterocycles. The summed E-state index contributed by atoms with van der Waals surface area (Å²) in [5, 5.41) is 17.0. The molecule has 2 aliphatic carbocycles. The third-order valence-electron chi connectivity index (χ3n) is 6.49. The van der Waals surface area contributed by atoms with E-state index in [1.165, 1.54) is 0 Å². The molecular formula is C24H27F2N3O2. The van der Waals surface area contributed by atoms with Crippen LogP contribution in [0.25, 0.3) is 5.70 Å². The van der Waals surface area contributed by atoms with Gasteiger partial charge in [-0.2, -0.15) is 8.78 Å². The Morgan fingerprint density at radius 1 is 1.29 bits per heavy atom.